The summed E-state index contributed by atoms with van der Waals surface area (Å²) in [6, 6.07) is 6.28. The summed E-state index contributed by atoms with van der Waals surface area (Å²) in [5, 5.41) is 8.71. The van der Waals surface area contributed by atoms with Gasteiger partial charge in [0.25, 0.3) is 0 Å². The van der Waals surface area contributed by atoms with Gasteiger partial charge in [0.05, 0.1) is 23.8 Å². The van der Waals surface area contributed by atoms with Crippen molar-refractivity contribution in [3.63, 3.8) is 0 Å². The minimum Gasteiger partial charge on any atom is -0.371 e. The molecule has 0 saturated carbocycles. The summed E-state index contributed by atoms with van der Waals surface area (Å²) in [6.07, 6.45) is 0.854. The van der Waals surface area contributed by atoms with Crippen LogP contribution in [-0.2, 0) is 11.3 Å². The van der Waals surface area contributed by atoms with E-state index in [9.17, 15) is 4.39 Å². The lowest BCUT2D eigenvalue weighted by Crippen LogP contribution is -2.22. The van der Waals surface area contributed by atoms with Crippen LogP contribution >= 0.6 is 0 Å². The molecule has 0 atom stereocenters. The lowest BCUT2D eigenvalue weighted by molar-refractivity contribution is -0.0326. The minimum atomic E-state index is -0.328. The first-order chi connectivity index (χ1) is 7.48. The fourth-order valence-corrected chi connectivity index (χ4v) is 1.13. The van der Waals surface area contributed by atoms with Gasteiger partial charge in [-0.3, -0.25) is 0 Å². The SMILES string of the molecule is CCC(C)(C)OCc1cc(C#N)ccc1F. The van der Waals surface area contributed by atoms with E-state index >= 15 is 0 Å². The Hall–Kier alpha value is -1.40. The molecule has 0 heterocycles. The Labute approximate surface area is 95.7 Å². The predicted octanol–water partition coefficient (Wildman–Crippen LogP) is 3.40. The van der Waals surface area contributed by atoms with Crippen molar-refractivity contribution < 1.29 is 9.13 Å². The van der Waals surface area contributed by atoms with Crippen molar-refractivity contribution in [3.05, 3.63) is 35.1 Å². The van der Waals surface area contributed by atoms with E-state index in [0.29, 0.717) is 11.1 Å². The molecule has 1 aromatic carbocycles. The molecule has 16 heavy (non-hydrogen) atoms. The van der Waals surface area contributed by atoms with Crippen LogP contribution in [-0.4, -0.2) is 5.60 Å². The number of benzene rings is 1. The summed E-state index contributed by atoms with van der Waals surface area (Å²) in [4.78, 5) is 0. The molecule has 86 valence electrons. The zero-order valence-corrected chi connectivity index (χ0v) is 9.88. The summed E-state index contributed by atoms with van der Waals surface area (Å²) in [7, 11) is 0. The maximum atomic E-state index is 13.4. The van der Waals surface area contributed by atoms with Gasteiger partial charge in [0.2, 0.25) is 0 Å². The van der Waals surface area contributed by atoms with E-state index in [1.807, 2.05) is 26.8 Å². The molecular weight excluding hydrogens is 205 g/mol. The van der Waals surface area contributed by atoms with Gasteiger partial charge in [-0.05, 0) is 38.5 Å². The second-order valence-corrected chi connectivity index (χ2v) is 4.32. The number of nitrogens with zero attached hydrogens (tertiary/aromatic N) is 1. The number of hydrogen-bond acceptors (Lipinski definition) is 2. The van der Waals surface area contributed by atoms with E-state index in [-0.39, 0.29) is 18.0 Å². The van der Waals surface area contributed by atoms with Crippen LogP contribution in [0, 0.1) is 17.1 Å². The van der Waals surface area contributed by atoms with Crippen LogP contribution in [0.25, 0.3) is 0 Å². The third kappa shape index (κ3) is 3.32. The van der Waals surface area contributed by atoms with Gasteiger partial charge in [0.1, 0.15) is 5.82 Å². The van der Waals surface area contributed by atoms with E-state index < -0.39 is 0 Å². The second kappa shape index (κ2) is 5.09. The van der Waals surface area contributed by atoms with Gasteiger partial charge >= 0.3 is 0 Å². The largest absolute Gasteiger partial charge is 0.371 e. The first-order valence-corrected chi connectivity index (χ1v) is 5.31. The van der Waals surface area contributed by atoms with Crippen molar-refractivity contribution in [3.8, 4) is 6.07 Å². The first-order valence-electron chi connectivity index (χ1n) is 5.31. The van der Waals surface area contributed by atoms with Crippen molar-refractivity contribution >= 4 is 0 Å². The Morgan fingerprint density at radius 2 is 2.12 bits per heavy atom. The molecule has 3 heteroatoms. The topological polar surface area (TPSA) is 33.0 Å². The van der Waals surface area contributed by atoms with Crippen molar-refractivity contribution in [2.75, 3.05) is 0 Å². The minimum absolute atomic E-state index is 0.197. The van der Waals surface area contributed by atoms with Crippen molar-refractivity contribution in [1.29, 1.82) is 5.26 Å². The summed E-state index contributed by atoms with van der Waals surface area (Å²) in [5.74, 6) is -0.328. The van der Waals surface area contributed by atoms with Crippen LogP contribution in [0.15, 0.2) is 18.2 Å². The Morgan fingerprint density at radius 1 is 1.44 bits per heavy atom. The van der Waals surface area contributed by atoms with Gasteiger partial charge in [-0.25, -0.2) is 4.39 Å². The molecule has 0 aromatic heterocycles. The average Bonchev–Trinajstić information content (AvgIpc) is 2.28. The standard InChI is InChI=1S/C13H16FNO/c1-4-13(2,3)16-9-11-7-10(8-15)5-6-12(11)14/h5-7H,4,9H2,1-3H3. The summed E-state index contributed by atoms with van der Waals surface area (Å²) in [5.41, 5.74) is 0.615. The molecule has 0 aliphatic rings. The molecule has 1 rings (SSSR count). The van der Waals surface area contributed by atoms with Crippen LogP contribution < -0.4 is 0 Å². The monoisotopic (exact) mass is 221 g/mol. The highest BCUT2D eigenvalue weighted by Crippen LogP contribution is 2.18. The molecule has 0 bridgehead atoms. The Bertz CT molecular complexity index is 407. The quantitative estimate of drug-likeness (QED) is 0.780. The average molecular weight is 221 g/mol. The number of halogens is 1. The van der Waals surface area contributed by atoms with Gasteiger partial charge < -0.3 is 4.74 Å². The summed E-state index contributed by atoms with van der Waals surface area (Å²) < 4.78 is 19.0. The smallest absolute Gasteiger partial charge is 0.128 e. The highest BCUT2D eigenvalue weighted by molar-refractivity contribution is 5.33. The molecule has 0 aliphatic carbocycles. The van der Waals surface area contributed by atoms with Crippen molar-refractivity contribution in [2.45, 2.75) is 39.4 Å². The predicted molar refractivity (Wildman–Crippen MR) is 60.3 cm³/mol. The molecule has 0 saturated heterocycles. The van der Waals surface area contributed by atoms with Crippen molar-refractivity contribution in [2.24, 2.45) is 0 Å². The normalized spacial score (nSPS) is 11.2. The second-order valence-electron chi connectivity index (χ2n) is 4.32. The number of ether oxygens (including phenoxy) is 1. The van der Waals surface area contributed by atoms with E-state index in [2.05, 4.69) is 0 Å². The lowest BCUT2D eigenvalue weighted by atomic mass is 10.1. The third-order valence-electron chi connectivity index (χ3n) is 2.64. The van der Waals surface area contributed by atoms with E-state index in [0.717, 1.165) is 6.42 Å². The first kappa shape index (κ1) is 12.7. The number of nitriles is 1. The molecule has 1 aromatic rings. The summed E-state index contributed by atoms with van der Waals surface area (Å²) in [6.45, 7) is 6.13. The maximum absolute atomic E-state index is 13.4. The van der Waals surface area contributed by atoms with Crippen LogP contribution in [0.4, 0.5) is 4.39 Å². The maximum Gasteiger partial charge on any atom is 0.128 e. The van der Waals surface area contributed by atoms with Gasteiger partial charge in [0, 0.05) is 5.56 Å². The highest BCUT2D eigenvalue weighted by Gasteiger charge is 2.16. The lowest BCUT2D eigenvalue weighted by Gasteiger charge is -2.23. The highest BCUT2D eigenvalue weighted by atomic mass is 19.1. The zero-order valence-electron chi connectivity index (χ0n) is 9.88. The molecule has 0 aliphatic heterocycles. The summed E-state index contributed by atoms with van der Waals surface area (Å²) >= 11 is 0. The number of hydrogen-bond donors (Lipinski definition) is 0. The molecule has 0 N–H and O–H groups in total. The Kier molecular flexibility index (Phi) is 4.03. The van der Waals surface area contributed by atoms with Crippen LogP contribution in [0.3, 0.4) is 0 Å². The molecule has 2 nitrogen and oxygen atoms in total. The molecule has 0 fully saturated rings. The van der Waals surface area contributed by atoms with Gasteiger partial charge in [-0.2, -0.15) is 5.26 Å². The van der Waals surface area contributed by atoms with Gasteiger partial charge in [0.15, 0.2) is 0 Å². The van der Waals surface area contributed by atoms with E-state index in [1.165, 1.54) is 18.2 Å². The van der Waals surface area contributed by atoms with Crippen LogP contribution in [0.1, 0.15) is 38.3 Å². The van der Waals surface area contributed by atoms with Gasteiger partial charge in [-0.1, -0.05) is 6.92 Å². The molecule has 0 amide bonds. The Balaban J connectivity index is 2.78. The van der Waals surface area contributed by atoms with Crippen LogP contribution in [0.5, 0.6) is 0 Å². The zero-order chi connectivity index (χ0) is 12.2. The number of rotatable bonds is 4. The van der Waals surface area contributed by atoms with E-state index in [1.54, 1.807) is 0 Å². The Morgan fingerprint density at radius 3 is 2.69 bits per heavy atom. The fraction of sp³-hybridized carbons (Fsp3) is 0.462. The molecular formula is C13H16FNO. The van der Waals surface area contributed by atoms with Crippen LogP contribution in [0.2, 0.25) is 0 Å². The molecule has 0 unspecified atom stereocenters. The third-order valence-corrected chi connectivity index (χ3v) is 2.64. The van der Waals surface area contributed by atoms with E-state index in [4.69, 9.17) is 10.00 Å². The fourth-order valence-electron chi connectivity index (χ4n) is 1.13. The molecule has 0 spiro atoms. The van der Waals surface area contributed by atoms with Gasteiger partial charge in [-0.15, -0.1) is 0 Å². The molecule has 0 radical (unpaired) electrons. The van der Waals surface area contributed by atoms with Crippen molar-refractivity contribution in [1.82, 2.24) is 0 Å².